The van der Waals surface area contributed by atoms with Gasteiger partial charge in [0.05, 0.1) is 17.5 Å². The predicted octanol–water partition coefficient (Wildman–Crippen LogP) is 2.26. The molecular formula is C13H12F3N5. The van der Waals surface area contributed by atoms with E-state index in [0.717, 1.165) is 22.8 Å². The number of nitrogens with zero attached hydrogens (tertiary/aromatic N) is 4. The molecule has 0 atom stereocenters. The fourth-order valence-electron chi connectivity index (χ4n) is 2.13. The first-order valence-electron chi connectivity index (χ1n) is 6.23. The molecule has 3 aromatic heterocycles. The number of halogens is 3. The van der Waals surface area contributed by atoms with Crippen LogP contribution in [0.1, 0.15) is 11.3 Å². The first kappa shape index (κ1) is 13.6. The average Bonchev–Trinajstić information content (AvgIpc) is 3.03. The smallest absolute Gasteiger partial charge is 0.314 e. The van der Waals surface area contributed by atoms with Crippen molar-refractivity contribution in [1.82, 2.24) is 24.5 Å². The van der Waals surface area contributed by atoms with Gasteiger partial charge in [0.2, 0.25) is 0 Å². The van der Waals surface area contributed by atoms with E-state index in [1.54, 1.807) is 13.1 Å². The van der Waals surface area contributed by atoms with Crippen molar-refractivity contribution in [3.8, 4) is 5.82 Å². The Morgan fingerprint density at radius 3 is 2.76 bits per heavy atom. The van der Waals surface area contributed by atoms with Gasteiger partial charge in [0.15, 0.2) is 5.82 Å². The van der Waals surface area contributed by atoms with Crippen LogP contribution in [-0.4, -0.2) is 26.2 Å². The number of hydrogen-bond acceptors (Lipinski definition) is 3. The second kappa shape index (κ2) is 4.88. The summed E-state index contributed by atoms with van der Waals surface area (Å²) < 4.78 is 41.0. The van der Waals surface area contributed by atoms with Crippen molar-refractivity contribution in [3.63, 3.8) is 0 Å². The summed E-state index contributed by atoms with van der Waals surface area (Å²) in [6.07, 6.45) is -0.860. The van der Waals surface area contributed by atoms with Crippen molar-refractivity contribution in [2.75, 3.05) is 7.05 Å². The Kier molecular flexibility index (Phi) is 3.17. The number of fused-ring (bicyclic) bond motifs is 1. The van der Waals surface area contributed by atoms with Crippen molar-refractivity contribution >= 4 is 5.65 Å². The molecule has 1 N–H and O–H groups in total. The molecule has 8 heteroatoms. The van der Waals surface area contributed by atoms with Crippen LogP contribution in [-0.2, 0) is 12.7 Å². The number of aromatic nitrogens is 4. The molecule has 0 aromatic carbocycles. The van der Waals surface area contributed by atoms with Crippen LogP contribution >= 0.6 is 0 Å². The maximum absolute atomic E-state index is 12.7. The Bertz CT molecular complexity index is 772. The second-order valence-corrected chi connectivity index (χ2v) is 4.51. The van der Waals surface area contributed by atoms with E-state index in [4.69, 9.17) is 0 Å². The lowest BCUT2D eigenvalue weighted by Crippen LogP contribution is -2.11. The average molecular weight is 295 g/mol. The molecule has 0 amide bonds. The Morgan fingerprint density at radius 1 is 1.29 bits per heavy atom. The fourth-order valence-corrected chi connectivity index (χ4v) is 2.13. The first-order valence-corrected chi connectivity index (χ1v) is 6.23. The number of hydrogen-bond donors (Lipinski definition) is 1. The number of rotatable bonds is 3. The molecule has 0 saturated carbocycles. The van der Waals surface area contributed by atoms with E-state index in [2.05, 4.69) is 15.4 Å². The van der Waals surface area contributed by atoms with Gasteiger partial charge in [0, 0.05) is 18.9 Å². The van der Waals surface area contributed by atoms with Crippen LogP contribution in [0, 0.1) is 0 Å². The molecule has 21 heavy (non-hydrogen) atoms. The molecule has 0 radical (unpaired) electrons. The highest BCUT2D eigenvalue weighted by Gasteiger charge is 2.32. The van der Waals surface area contributed by atoms with Gasteiger partial charge in [-0.25, -0.2) is 9.67 Å². The third-order valence-corrected chi connectivity index (χ3v) is 3.08. The maximum Gasteiger partial charge on any atom is 0.419 e. The summed E-state index contributed by atoms with van der Waals surface area (Å²) in [5.74, 6) is 0.381. The molecule has 0 unspecified atom stereocenters. The van der Waals surface area contributed by atoms with Crippen molar-refractivity contribution in [2.45, 2.75) is 12.7 Å². The van der Waals surface area contributed by atoms with E-state index < -0.39 is 11.7 Å². The minimum absolute atomic E-state index is 0.381. The summed E-state index contributed by atoms with van der Waals surface area (Å²) in [4.78, 5) is 4.35. The zero-order valence-corrected chi connectivity index (χ0v) is 11.1. The van der Waals surface area contributed by atoms with Crippen LogP contribution < -0.4 is 5.32 Å². The molecule has 0 spiro atoms. The van der Waals surface area contributed by atoms with Gasteiger partial charge in [0.1, 0.15) is 5.65 Å². The summed E-state index contributed by atoms with van der Waals surface area (Å²) in [6.45, 7) is 0.460. The standard InChI is InChI=1S/C13H12F3N5/c1-17-7-10-12(19-11-4-2-3-5-20(10)11)21-8-9(6-18-21)13(14,15)16/h2-6,8,17H,7H2,1H3. The van der Waals surface area contributed by atoms with Gasteiger partial charge < -0.3 is 9.72 Å². The normalized spacial score (nSPS) is 12.2. The zero-order chi connectivity index (χ0) is 15.0. The molecule has 0 saturated heterocycles. The fraction of sp³-hybridized carbons (Fsp3) is 0.231. The van der Waals surface area contributed by atoms with Crippen LogP contribution in [0.15, 0.2) is 36.8 Å². The van der Waals surface area contributed by atoms with Gasteiger partial charge in [0.25, 0.3) is 0 Å². The molecule has 0 fully saturated rings. The third-order valence-electron chi connectivity index (χ3n) is 3.08. The SMILES string of the molecule is CNCc1c(-n2cc(C(F)(F)F)cn2)nc2ccccn12. The molecular weight excluding hydrogens is 283 g/mol. The highest BCUT2D eigenvalue weighted by molar-refractivity contribution is 5.48. The molecule has 0 bridgehead atoms. The van der Waals surface area contributed by atoms with Crippen molar-refractivity contribution in [1.29, 1.82) is 0 Å². The molecule has 5 nitrogen and oxygen atoms in total. The highest BCUT2D eigenvalue weighted by atomic mass is 19.4. The molecule has 0 aliphatic carbocycles. The lowest BCUT2D eigenvalue weighted by molar-refractivity contribution is -0.137. The molecule has 3 heterocycles. The minimum Gasteiger partial charge on any atom is -0.314 e. The van der Waals surface area contributed by atoms with Gasteiger partial charge in [-0.2, -0.15) is 18.3 Å². The Morgan fingerprint density at radius 2 is 2.10 bits per heavy atom. The van der Waals surface area contributed by atoms with Crippen LogP contribution in [0.3, 0.4) is 0 Å². The van der Waals surface area contributed by atoms with Crippen molar-refractivity contribution in [3.05, 3.63) is 48.0 Å². The van der Waals surface area contributed by atoms with Gasteiger partial charge >= 0.3 is 6.18 Å². The zero-order valence-electron chi connectivity index (χ0n) is 11.1. The van der Waals surface area contributed by atoms with Crippen LogP contribution in [0.4, 0.5) is 13.2 Å². The summed E-state index contributed by atoms with van der Waals surface area (Å²) in [5, 5.41) is 6.77. The number of pyridine rings is 1. The monoisotopic (exact) mass is 295 g/mol. The predicted molar refractivity (Wildman–Crippen MR) is 70.1 cm³/mol. The molecule has 3 aromatic rings. The third kappa shape index (κ3) is 2.38. The number of imidazole rings is 1. The van der Waals surface area contributed by atoms with Gasteiger partial charge in [-0.1, -0.05) is 6.07 Å². The molecule has 0 aliphatic rings. The lowest BCUT2D eigenvalue weighted by Gasteiger charge is -2.04. The van der Waals surface area contributed by atoms with Crippen molar-refractivity contribution in [2.24, 2.45) is 0 Å². The summed E-state index contributed by atoms with van der Waals surface area (Å²) in [7, 11) is 1.76. The first-order chi connectivity index (χ1) is 10.0. The van der Waals surface area contributed by atoms with E-state index in [1.807, 2.05) is 22.7 Å². The van der Waals surface area contributed by atoms with Crippen LogP contribution in [0.5, 0.6) is 0 Å². The largest absolute Gasteiger partial charge is 0.419 e. The van der Waals surface area contributed by atoms with E-state index in [0.29, 0.717) is 18.0 Å². The summed E-state index contributed by atoms with van der Waals surface area (Å²) in [6, 6.07) is 5.44. The van der Waals surface area contributed by atoms with Crippen LogP contribution in [0.2, 0.25) is 0 Å². The second-order valence-electron chi connectivity index (χ2n) is 4.51. The van der Waals surface area contributed by atoms with Gasteiger partial charge in [-0.3, -0.25) is 0 Å². The van der Waals surface area contributed by atoms with E-state index in [9.17, 15) is 13.2 Å². The maximum atomic E-state index is 12.7. The number of alkyl halides is 3. The van der Waals surface area contributed by atoms with E-state index >= 15 is 0 Å². The Hall–Kier alpha value is -2.35. The summed E-state index contributed by atoms with van der Waals surface area (Å²) in [5.41, 5.74) is 0.599. The Balaban J connectivity index is 2.15. The van der Waals surface area contributed by atoms with E-state index in [-0.39, 0.29) is 0 Å². The van der Waals surface area contributed by atoms with E-state index in [1.165, 1.54) is 0 Å². The molecule has 0 aliphatic heterocycles. The van der Waals surface area contributed by atoms with Crippen molar-refractivity contribution < 1.29 is 13.2 Å². The van der Waals surface area contributed by atoms with Gasteiger partial charge in [-0.05, 0) is 19.2 Å². The quantitative estimate of drug-likeness (QED) is 0.806. The minimum atomic E-state index is -4.42. The van der Waals surface area contributed by atoms with Gasteiger partial charge in [-0.15, -0.1) is 0 Å². The molecule has 3 rings (SSSR count). The highest BCUT2D eigenvalue weighted by Crippen LogP contribution is 2.29. The molecule has 110 valence electrons. The Labute approximate surface area is 118 Å². The number of nitrogens with one attached hydrogen (secondary N) is 1. The summed E-state index contributed by atoms with van der Waals surface area (Å²) >= 11 is 0. The lowest BCUT2D eigenvalue weighted by atomic mass is 10.3. The van der Waals surface area contributed by atoms with Crippen LogP contribution in [0.25, 0.3) is 11.5 Å². The topological polar surface area (TPSA) is 47.2 Å².